The average Bonchev–Trinajstić information content (AvgIpc) is 3.24. The predicted molar refractivity (Wildman–Crippen MR) is 71.5 cm³/mol. The third-order valence-corrected chi connectivity index (χ3v) is 3.33. The van der Waals surface area contributed by atoms with Crippen LogP contribution in [0.3, 0.4) is 0 Å². The predicted octanol–water partition coefficient (Wildman–Crippen LogP) is 3.23. The second-order valence-electron chi connectivity index (χ2n) is 5.01. The highest BCUT2D eigenvalue weighted by molar-refractivity contribution is 5.77. The first-order valence-electron chi connectivity index (χ1n) is 6.89. The van der Waals surface area contributed by atoms with Crippen LogP contribution < -0.4 is 5.32 Å². The van der Waals surface area contributed by atoms with Gasteiger partial charge in [0.1, 0.15) is 6.04 Å². The molecule has 1 aromatic rings. The van der Waals surface area contributed by atoms with Gasteiger partial charge in [-0.25, -0.2) is 13.6 Å². The summed E-state index contributed by atoms with van der Waals surface area (Å²) >= 11 is 0. The third kappa shape index (κ3) is 4.00. The number of hydrogen-bond donors (Lipinski definition) is 1. The van der Waals surface area contributed by atoms with Crippen molar-refractivity contribution in [3.8, 4) is 0 Å². The van der Waals surface area contributed by atoms with Gasteiger partial charge in [-0.05, 0) is 43.9 Å². The zero-order chi connectivity index (χ0) is 14.5. The van der Waals surface area contributed by atoms with Crippen molar-refractivity contribution < 1.29 is 18.3 Å². The third-order valence-electron chi connectivity index (χ3n) is 3.33. The summed E-state index contributed by atoms with van der Waals surface area (Å²) < 4.78 is 30.5. The van der Waals surface area contributed by atoms with Crippen molar-refractivity contribution in [3.63, 3.8) is 0 Å². The fraction of sp³-hybridized carbons (Fsp3) is 0.533. The summed E-state index contributed by atoms with van der Waals surface area (Å²) in [4.78, 5) is 12.0. The molecule has 0 heterocycles. The van der Waals surface area contributed by atoms with Crippen LogP contribution in [0.15, 0.2) is 24.3 Å². The minimum atomic E-state index is -2.54. The molecule has 0 radical (unpaired) electrons. The molecule has 20 heavy (non-hydrogen) atoms. The maximum absolute atomic E-state index is 12.7. The van der Waals surface area contributed by atoms with Crippen LogP contribution in [0, 0.1) is 5.92 Å². The fourth-order valence-electron chi connectivity index (χ4n) is 2.04. The minimum absolute atomic E-state index is 0.0787. The topological polar surface area (TPSA) is 38.3 Å². The number of ether oxygens (including phenoxy) is 1. The summed E-state index contributed by atoms with van der Waals surface area (Å²) in [5.41, 5.74) is 0.451. The lowest BCUT2D eigenvalue weighted by Gasteiger charge is -2.18. The zero-order valence-corrected chi connectivity index (χ0v) is 11.4. The summed E-state index contributed by atoms with van der Waals surface area (Å²) in [6.07, 6.45) is -0.236. The molecule has 1 unspecified atom stereocenters. The van der Waals surface area contributed by atoms with Gasteiger partial charge in [0, 0.05) is 5.56 Å². The van der Waals surface area contributed by atoms with Crippen molar-refractivity contribution in [2.75, 3.05) is 13.2 Å². The lowest BCUT2D eigenvalue weighted by Crippen LogP contribution is -2.31. The van der Waals surface area contributed by atoms with Gasteiger partial charge in [-0.3, -0.25) is 0 Å². The largest absolute Gasteiger partial charge is 0.465 e. The van der Waals surface area contributed by atoms with Gasteiger partial charge in [0.2, 0.25) is 0 Å². The van der Waals surface area contributed by atoms with E-state index in [9.17, 15) is 13.6 Å². The van der Waals surface area contributed by atoms with Gasteiger partial charge < -0.3 is 10.1 Å². The fourth-order valence-corrected chi connectivity index (χ4v) is 2.04. The van der Waals surface area contributed by atoms with Crippen LogP contribution in [0.4, 0.5) is 8.78 Å². The summed E-state index contributed by atoms with van der Waals surface area (Å²) in [7, 11) is 0. The number of rotatable bonds is 7. The standard InChI is InChI=1S/C15H19F2NO2/c1-2-20-15(19)13(18-9-10-6-7-10)11-4-3-5-12(8-11)14(16)17/h3-5,8,10,13-14,18H,2,6-7,9H2,1H3. The highest BCUT2D eigenvalue weighted by atomic mass is 19.3. The molecular formula is C15H19F2NO2. The summed E-state index contributed by atoms with van der Waals surface area (Å²) in [5.74, 6) is 0.171. The molecule has 0 amide bonds. The Bertz CT molecular complexity index is 461. The van der Waals surface area contributed by atoms with Crippen LogP contribution >= 0.6 is 0 Å². The lowest BCUT2D eigenvalue weighted by molar-refractivity contribution is -0.145. The second kappa shape index (κ2) is 6.79. The molecule has 1 fully saturated rings. The molecule has 1 atom stereocenters. The molecule has 3 nitrogen and oxygen atoms in total. The molecule has 1 aliphatic carbocycles. The normalized spacial score (nSPS) is 16.2. The Labute approximate surface area is 117 Å². The first-order chi connectivity index (χ1) is 9.61. The number of nitrogens with one attached hydrogen (secondary N) is 1. The number of benzene rings is 1. The van der Waals surface area contributed by atoms with Crippen LogP contribution in [0.5, 0.6) is 0 Å². The first-order valence-corrected chi connectivity index (χ1v) is 6.89. The van der Waals surface area contributed by atoms with Gasteiger partial charge in [-0.1, -0.05) is 18.2 Å². The van der Waals surface area contributed by atoms with Gasteiger partial charge in [-0.2, -0.15) is 0 Å². The average molecular weight is 283 g/mol. The number of hydrogen-bond acceptors (Lipinski definition) is 3. The maximum Gasteiger partial charge on any atom is 0.327 e. The number of alkyl halides is 2. The Balaban J connectivity index is 2.14. The van der Waals surface area contributed by atoms with E-state index in [2.05, 4.69) is 5.32 Å². The lowest BCUT2D eigenvalue weighted by atomic mass is 10.0. The van der Waals surface area contributed by atoms with E-state index in [-0.39, 0.29) is 12.2 Å². The SMILES string of the molecule is CCOC(=O)C(NCC1CC1)c1cccc(C(F)F)c1. The first kappa shape index (κ1) is 14.9. The van der Waals surface area contributed by atoms with Crippen LogP contribution in [-0.2, 0) is 9.53 Å². The Morgan fingerprint density at radius 1 is 1.40 bits per heavy atom. The number of carbonyl (C=O) groups is 1. The van der Waals surface area contributed by atoms with Crippen LogP contribution in [0.1, 0.15) is 43.4 Å². The van der Waals surface area contributed by atoms with Gasteiger partial charge in [-0.15, -0.1) is 0 Å². The molecule has 1 aliphatic rings. The second-order valence-corrected chi connectivity index (χ2v) is 5.01. The Kier molecular flexibility index (Phi) is 5.06. The summed E-state index contributed by atoms with van der Waals surface area (Å²) in [6.45, 7) is 2.71. The van der Waals surface area contributed by atoms with Gasteiger partial charge in [0.25, 0.3) is 6.43 Å². The molecule has 1 saturated carbocycles. The molecule has 2 rings (SSSR count). The Morgan fingerprint density at radius 3 is 2.70 bits per heavy atom. The van der Waals surface area contributed by atoms with E-state index in [4.69, 9.17) is 4.74 Å². The highest BCUT2D eigenvalue weighted by Gasteiger charge is 2.27. The quantitative estimate of drug-likeness (QED) is 0.781. The highest BCUT2D eigenvalue weighted by Crippen LogP contribution is 2.29. The minimum Gasteiger partial charge on any atom is -0.465 e. The van der Waals surface area contributed by atoms with E-state index in [1.54, 1.807) is 19.1 Å². The summed E-state index contributed by atoms with van der Waals surface area (Å²) in [6, 6.07) is 5.27. The van der Waals surface area contributed by atoms with Crippen molar-refractivity contribution in [1.82, 2.24) is 5.32 Å². The molecule has 110 valence electrons. The summed E-state index contributed by atoms with van der Waals surface area (Å²) in [5, 5.41) is 3.13. The van der Waals surface area contributed by atoms with E-state index < -0.39 is 18.4 Å². The number of carbonyl (C=O) groups excluding carboxylic acids is 1. The van der Waals surface area contributed by atoms with Crippen LogP contribution in [0.2, 0.25) is 0 Å². The van der Waals surface area contributed by atoms with Crippen molar-refractivity contribution in [2.24, 2.45) is 5.92 Å². The Morgan fingerprint density at radius 2 is 2.10 bits per heavy atom. The van der Waals surface area contributed by atoms with Crippen LogP contribution in [0.25, 0.3) is 0 Å². The monoisotopic (exact) mass is 283 g/mol. The van der Waals surface area contributed by atoms with Crippen molar-refractivity contribution in [1.29, 1.82) is 0 Å². The van der Waals surface area contributed by atoms with E-state index in [1.165, 1.54) is 12.1 Å². The van der Waals surface area contributed by atoms with Gasteiger partial charge >= 0.3 is 5.97 Å². The van der Waals surface area contributed by atoms with E-state index in [0.29, 0.717) is 18.0 Å². The van der Waals surface area contributed by atoms with E-state index in [1.807, 2.05) is 0 Å². The molecular weight excluding hydrogens is 264 g/mol. The van der Waals surface area contributed by atoms with Gasteiger partial charge in [0.15, 0.2) is 0 Å². The molecule has 0 saturated heterocycles. The van der Waals surface area contributed by atoms with Crippen LogP contribution in [-0.4, -0.2) is 19.1 Å². The van der Waals surface area contributed by atoms with Gasteiger partial charge in [0.05, 0.1) is 6.61 Å². The smallest absolute Gasteiger partial charge is 0.327 e. The maximum atomic E-state index is 12.7. The molecule has 0 aromatic heterocycles. The van der Waals surface area contributed by atoms with E-state index in [0.717, 1.165) is 12.8 Å². The molecule has 0 bridgehead atoms. The molecule has 0 aliphatic heterocycles. The molecule has 1 N–H and O–H groups in total. The Hall–Kier alpha value is -1.49. The van der Waals surface area contributed by atoms with Crippen molar-refractivity contribution in [3.05, 3.63) is 35.4 Å². The molecule has 0 spiro atoms. The molecule has 5 heteroatoms. The van der Waals surface area contributed by atoms with Crippen molar-refractivity contribution >= 4 is 5.97 Å². The van der Waals surface area contributed by atoms with Crippen molar-refractivity contribution in [2.45, 2.75) is 32.2 Å². The molecule has 1 aromatic carbocycles. The van der Waals surface area contributed by atoms with E-state index >= 15 is 0 Å². The zero-order valence-electron chi connectivity index (χ0n) is 11.4. The number of halogens is 2. The number of esters is 1.